The van der Waals surface area contributed by atoms with E-state index in [9.17, 15) is 9.59 Å². The summed E-state index contributed by atoms with van der Waals surface area (Å²) >= 11 is 0. The zero-order valence-corrected chi connectivity index (χ0v) is 15.8. The van der Waals surface area contributed by atoms with E-state index in [1.165, 1.54) is 6.42 Å². The SMILES string of the molecule is O=C(O)CNC(=O)C(C1CCCCC1)N1CCNCCNCCNCC1. The van der Waals surface area contributed by atoms with Gasteiger partial charge < -0.3 is 26.4 Å². The molecule has 150 valence electrons. The molecule has 0 aromatic rings. The Morgan fingerprint density at radius 2 is 1.46 bits per heavy atom. The molecule has 5 N–H and O–H groups in total. The summed E-state index contributed by atoms with van der Waals surface area (Å²) in [5.41, 5.74) is 0. The number of aliphatic carboxylic acids is 1. The molecule has 1 saturated carbocycles. The lowest BCUT2D eigenvalue weighted by Crippen LogP contribution is -2.55. The van der Waals surface area contributed by atoms with Gasteiger partial charge in [-0.25, -0.2) is 0 Å². The number of nitrogens with zero attached hydrogens (tertiary/aromatic N) is 1. The molecule has 0 bridgehead atoms. The standard InChI is InChI=1S/C18H35N5O3/c24-16(25)14-22-18(26)17(15-4-2-1-3-5-15)23-12-10-20-8-6-19-7-9-21-11-13-23/h15,17,19-21H,1-14H2,(H,22,26)(H,24,25). The molecule has 1 amide bonds. The van der Waals surface area contributed by atoms with Gasteiger partial charge in [0.05, 0.1) is 6.04 Å². The van der Waals surface area contributed by atoms with Gasteiger partial charge in [0.2, 0.25) is 5.91 Å². The van der Waals surface area contributed by atoms with E-state index >= 15 is 0 Å². The molecule has 0 spiro atoms. The van der Waals surface area contributed by atoms with Crippen molar-refractivity contribution >= 4 is 11.9 Å². The summed E-state index contributed by atoms with van der Waals surface area (Å²) in [4.78, 5) is 26.0. The van der Waals surface area contributed by atoms with E-state index in [0.717, 1.165) is 78.0 Å². The van der Waals surface area contributed by atoms with Crippen LogP contribution < -0.4 is 21.3 Å². The van der Waals surface area contributed by atoms with E-state index in [1.807, 2.05) is 0 Å². The fraction of sp³-hybridized carbons (Fsp3) is 0.889. The van der Waals surface area contributed by atoms with Crippen molar-refractivity contribution in [1.82, 2.24) is 26.2 Å². The van der Waals surface area contributed by atoms with Crippen LogP contribution in [0, 0.1) is 5.92 Å². The molecular formula is C18H35N5O3. The van der Waals surface area contributed by atoms with Gasteiger partial charge >= 0.3 is 5.97 Å². The maximum atomic E-state index is 12.9. The number of nitrogens with one attached hydrogen (secondary N) is 4. The van der Waals surface area contributed by atoms with E-state index in [1.54, 1.807) is 0 Å². The number of carboxylic acid groups (broad SMARTS) is 1. The van der Waals surface area contributed by atoms with Crippen LogP contribution in [0.2, 0.25) is 0 Å². The lowest BCUT2D eigenvalue weighted by molar-refractivity contribution is -0.139. The van der Waals surface area contributed by atoms with Crippen molar-refractivity contribution < 1.29 is 14.7 Å². The minimum Gasteiger partial charge on any atom is -0.480 e. The van der Waals surface area contributed by atoms with Gasteiger partial charge in [-0.15, -0.1) is 0 Å². The summed E-state index contributed by atoms with van der Waals surface area (Å²) in [5.74, 6) is -0.814. The van der Waals surface area contributed by atoms with Gasteiger partial charge in [0, 0.05) is 52.4 Å². The van der Waals surface area contributed by atoms with Gasteiger partial charge in [0.15, 0.2) is 0 Å². The normalized spacial score (nSPS) is 23.4. The Morgan fingerprint density at radius 1 is 0.923 bits per heavy atom. The van der Waals surface area contributed by atoms with Gasteiger partial charge in [0.25, 0.3) is 0 Å². The average Bonchev–Trinajstić information content (AvgIpc) is 2.63. The molecule has 1 heterocycles. The second-order valence-corrected chi connectivity index (χ2v) is 7.24. The summed E-state index contributed by atoms with van der Waals surface area (Å²) in [7, 11) is 0. The molecule has 0 aromatic heterocycles. The molecule has 2 rings (SSSR count). The summed E-state index contributed by atoms with van der Waals surface area (Å²) in [6, 6.07) is -0.237. The minimum atomic E-state index is -0.995. The second-order valence-electron chi connectivity index (χ2n) is 7.24. The van der Waals surface area contributed by atoms with E-state index in [2.05, 4.69) is 26.2 Å². The van der Waals surface area contributed by atoms with Crippen molar-refractivity contribution in [3.8, 4) is 0 Å². The molecule has 0 aromatic carbocycles. The lowest BCUT2D eigenvalue weighted by Gasteiger charge is -2.38. The van der Waals surface area contributed by atoms with Gasteiger partial charge in [-0.3, -0.25) is 14.5 Å². The Balaban J connectivity index is 2.04. The first-order chi connectivity index (χ1) is 12.7. The third-order valence-electron chi connectivity index (χ3n) is 5.28. The molecule has 2 fully saturated rings. The maximum Gasteiger partial charge on any atom is 0.322 e. The average molecular weight is 370 g/mol. The molecule has 26 heavy (non-hydrogen) atoms. The molecule has 1 atom stereocenters. The van der Waals surface area contributed by atoms with Crippen LogP contribution in [-0.2, 0) is 9.59 Å². The number of hydrogen-bond donors (Lipinski definition) is 5. The van der Waals surface area contributed by atoms with E-state index in [-0.39, 0.29) is 18.5 Å². The first-order valence-corrected chi connectivity index (χ1v) is 10.0. The van der Waals surface area contributed by atoms with E-state index in [0.29, 0.717) is 5.92 Å². The number of carbonyl (C=O) groups excluding carboxylic acids is 1. The predicted molar refractivity (Wildman–Crippen MR) is 101 cm³/mol. The van der Waals surface area contributed by atoms with Crippen LogP contribution in [0.15, 0.2) is 0 Å². The summed E-state index contributed by atoms with van der Waals surface area (Å²) < 4.78 is 0. The quantitative estimate of drug-likeness (QED) is 0.433. The molecule has 1 aliphatic heterocycles. The zero-order valence-electron chi connectivity index (χ0n) is 15.8. The van der Waals surface area contributed by atoms with Crippen molar-refractivity contribution in [1.29, 1.82) is 0 Å². The highest BCUT2D eigenvalue weighted by atomic mass is 16.4. The van der Waals surface area contributed by atoms with Crippen molar-refractivity contribution in [3.63, 3.8) is 0 Å². The highest BCUT2D eigenvalue weighted by Crippen LogP contribution is 2.29. The van der Waals surface area contributed by atoms with Crippen molar-refractivity contribution in [2.24, 2.45) is 5.92 Å². The van der Waals surface area contributed by atoms with E-state index in [4.69, 9.17) is 5.11 Å². The molecular weight excluding hydrogens is 334 g/mol. The molecule has 1 unspecified atom stereocenters. The van der Waals surface area contributed by atoms with Gasteiger partial charge in [-0.05, 0) is 18.8 Å². The fourth-order valence-corrected chi connectivity index (χ4v) is 3.96. The number of amides is 1. The van der Waals surface area contributed by atoms with Crippen LogP contribution in [0.4, 0.5) is 0 Å². The topological polar surface area (TPSA) is 106 Å². The van der Waals surface area contributed by atoms with Crippen molar-refractivity contribution in [3.05, 3.63) is 0 Å². The number of hydrogen-bond acceptors (Lipinski definition) is 6. The lowest BCUT2D eigenvalue weighted by atomic mass is 9.82. The Morgan fingerprint density at radius 3 is 2.00 bits per heavy atom. The van der Waals surface area contributed by atoms with Crippen LogP contribution >= 0.6 is 0 Å². The van der Waals surface area contributed by atoms with Crippen LogP contribution in [0.5, 0.6) is 0 Å². The van der Waals surface area contributed by atoms with Crippen LogP contribution in [0.3, 0.4) is 0 Å². The number of carbonyl (C=O) groups is 2. The number of rotatable bonds is 5. The molecule has 1 aliphatic carbocycles. The molecule has 8 nitrogen and oxygen atoms in total. The monoisotopic (exact) mass is 369 g/mol. The Kier molecular flexibility index (Phi) is 9.91. The van der Waals surface area contributed by atoms with Gasteiger partial charge in [0.1, 0.15) is 6.54 Å². The van der Waals surface area contributed by atoms with E-state index < -0.39 is 5.97 Å². The Labute approximate surface area is 156 Å². The number of carboxylic acids is 1. The summed E-state index contributed by atoms with van der Waals surface area (Å²) in [5, 5.41) is 21.8. The minimum absolute atomic E-state index is 0.131. The fourth-order valence-electron chi connectivity index (χ4n) is 3.96. The highest BCUT2D eigenvalue weighted by Gasteiger charge is 2.34. The third-order valence-corrected chi connectivity index (χ3v) is 5.28. The summed E-state index contributed by atoms with van der Waals surface area (Å²) in [6.07, 6.45) is 5.64. The highest BCUT2D eigenvalue weighted by molar-refractivity contribution is 5.85. The van der Waals surface area contributed by atoms with Crippen molar-refractivity contribution in [2.45, 2.75) is 38.1 Å². The Hall–Kier alpha value is -1.22. The largest absolute Gasteiger partial charge is 0.480 e. The van der Waals surface area contributed by atoms with Crippen LogP contribution in [-0.4, -0.2) is 86.8 Å². The van der Waals surface area contributed by atoms with Gasteiger partial charge in [-0.2, -0.15) is 0 Å². The first kappa shape index (κ1) is 21.1. The summed E-state index contributed by atoms with van der Waals surface area (Å²) in [6.45, 7) is 6.64. The first-order valence-electron chi connectivity index (χ1n) is 10.0. The Bertz CT molecular complexity index is 417. The molecule has 0 radical (unpaired) electrons. The van der Waals surface area contributed by atoms with Gasteiger partial charge in [-0.1, -0.05) is 19.3 Å². The second kappa shape index (κ2) is 12.2. The van der Waals surface area contributed by atoms with Crippen molar-refractivity contribution in [2.75, 3.05) is 58.9 Å². The molecule has 1 saturated heterocycles. The van der Waals surface area contributed by atoms with Crippen LogP contribution in [0.25, 0.3) is 0 Å². The van der Waals surface area contributed by atoms with Crippen LogP contribution in [0.1, 0.15) is 32.1 Å². The smallest absolute Gasteiger partial charge is 0.322 e. The maximum absolute atomic E-state index is 12.9. The molecule has 2 aliphatic rings. The zero-order chi connectivity index (χ0) is 18.6. The predicted octanol–water partition coefficient (Wildman–Crippen LogP) is -0.779. The molecule has 8 heteroatoms. The third kappa shape index (κ3) is 7.57.